The molecule has 0 aromatic heterocycles. The topological polar surface area (TPSA) is 44.5 Å². The van der Waals surface area contributed by atoms with Crippen molar-refractivity contribution in [2.45, 2.75) is 18.4 Å². The van der Waals surface area contributed by atoms with Crippen LogP contribution in [-0.2, 0) is 0 Å². The zero-order valence-electron chi connectivity index (χ0n) is 8.63. The van der Waals surface area contributed by atoms with Gasteiger partial charge in [-0.05, 0) is 40.9 Å². The Morgan fingerprint density at radius 2 is 2.20 bits per heavy atom. The van der Waals surface area contributed by atoms with Gasteiger partial charge in [-0.2, -0.15) is 0 Å². The molecule has 0 bridgehead atoms. The van der Waals surface area contributed by atoms with E-state index in [0.717, 1.165) is 28.8 Å². The van der Waals surface area contributed by atoms with Crippen LogP contribution in [-0.4, -0.2) is 19.3 Å². The molecule has 4 heteroatoms. The van der Waals surface area contributed by atoms with Crippen LogP contribution >= 0.6 is 15.9 Å². The fraction of sp³-hybridized carbons (Fsp3) is 0.455. The monoisotopic (exact) mass is 271 g/mol. The molecule has 0 spiro atoms. The molecule has 1 aromatic rings. The maximum absolute atomic E-state index is 5.95. The van der Waals surface area contributed by atoms with Crippen molar-refractivity contribution in [3.05, 3.63) is 22.7 Å². The predicted molar refractivity (Wildman–Crippen MR) is 62.3 cm³/mol. The highest BCUT2D eigenvalue weighted by atomic mass is 79.9. The first-order chi connectivity index (χ1) is 7.14. The standard InChI is InChI=1S/C11H14BrNO2/c1-14-9-4-2-3-8(12)10(9)15-7-11(13)5-6-11/h2-4H,5-7,13H2,1H3. The maximum atomic E-state index is 5.95. The van der Waals surface area contributed by atoms with E-state index in [0.29, 0.717) is 6.61 Å². The zero-order valence-corrected chi connectivity index (χ0v) is 10.2. The van der Waals surface area contributed by atoms with E-state index in [1.165, 1.54) is 0 Å². The van der Waals surface area contributed by atoms with E-state index in [1.54, 1.807) is 7.11 Å². The van der Waals surface area contributed by atoms with Crippen LogP contribution in [0.5, 0.6) is 11.5 Å². The van der Waals surface area contributed by atoms with Gasteiger partial charge in [0, 0.05) is 0 Å². The first-order valence-corrected chi connectivity index (χ1v) is 5.68. The molecule has 1 aliphatic carbocycles. The van der Waals surface area contributed by atoms with Crippen molar-refractivity contribution >= 4 is 15.9 Å². The summed E-state index contributed by atoms with van der Waals surface area (Å²) < 4.78 is 11.8. The van der Waals surface area contributed by atoms with E-state index < -0.39 is 0 Å². The third kappa shape index (κ3) is 2.44. The molecular weight excluding hydrogens is 258 g/mol. The van der Waals surface area contributed by atoms with Crippen molar-refractivity contribution in [2.24, 2.45) is 5.73 Å². The van der Waals surface area contributed by atoms with Crippen LogP contribution in [0.25, 0.3) is 0 Å². The SMILES string of the molecule is COc1cccc(Br)c1OCC1(N)CC1. The van der Waals surface area contributed by atoms with Gasteiger partial charge in [0.2, 0.25) is 0 Å². The minimum atomic E-state index is -0.111. The van der Waals surface area contributed by atoms with Crippen LogP contribution in [0.4, 0.5) is 0 Å². The van der Waals surface area contributed by atoms with Crippen molar-refractivity contribution in [2.75, 3.05) is 13.7 Å². The summed E-state index contributed by atoms with van der Waals surface area (Å²) in [6, 6.07) is 5.70. The normalized spacial score (nSPS) is 17.3. The molecule has 0 saturated heterocycles. The van der Waals surface area contributed by atoms with E-state index in [2.05, 4.69) is 15.9 Å². The lowest BCUT2D eigenvalue weighted by atomic mass is 10.3. The van der Waals surface area contributed by atoms with Crippen LogP contribution in [0.1, 0.15) is 12.8 Å². The second kappa shape index (κ2) is 4.02. The molecule has 1 saturated carbocycles. The van der Waals surface area contributed by atoms with E-state index >= 15 is 0 Å². The lowest BCUT2D eigenvalue weighted by molar-refractivity contribution is 0.262. The van der Waals surface area contributed by atoms with Crippen molar-refractivity contribution < 1.29 is 9.47 Å². The summed E-state index contributed by atoms with van der Waals surface area (Å²) in [5.74, 6) is 1.46. The van der Waals surface area contributed by atoms with Gasteiger partial charge in [0.05, 0.1) is 17.1 Å². The Hall–Kier alpha value is -0.740. The molecule has 1 aliphatic rings. The summed E-state index contributed by atoms with van der Waals surface area (Å²) in [4.78, 5) is 0. The molecule has 15 heavy (non-hydrogen) atoms. The number of ether oxygens (including phenoxy) is 2. The number of methoxy groups -OCH3 is 1. The summed E-state index contributed by atoms with van der Waals surface area (Å²) in [5.41, 5.74) is 5.84. The van der Waals surface area contributed by atoms with E-state index in [9.17, 15) is 0 Å². The Morgan fingerprint density at radius 3 is 2.80 bits per heavy atom. The van der Waals surface area contributed by atoms with Crippen molar-refractivity contribution in [3.63, 3.8) is 0 Å². The van der Waals surface area contributed by atoms with Gasteiger partial charge in [-0.3, -0.25) is 0 Å². The Morgan fingerprint density at radius 1 is 1.47 bits per heavy atom. The molecule has 0 atom stereocenters. The Balaban J connectivity index is 2.11. The lowest BCUT2D eigenvalue weighted by Crippen LogP contribution is -2.29. The molecule has 1 aromatic carbocycles. The van der Waals surface area contributed by atoms with Crippen LogP contribution in [0.15, 0.2) is 22.7 Å². The molecule has 82 valence electrons. The number of hydrogen-bond acceptors (Lipinski definition) is 3. The Labute approximate surface area is 97.7 Å². The third-order valence-electron chi connectivity index (χ3n) is 2.55. The zero-order chi connectivity index (χ0) is 10.9. The van der Waals surface area contributed by atoms with Gasteiger partial charge < -0.3 is 15.2 Å². The highest BCUT2D eigenvalue weighted by Gasteiger charge is 2.39. The van der Waals surface area contributed by atoms with Crippen LogP contribution < -0.4 is 15.2 Å². The molecule has 0 heterocycles. The summed E-state index contributed by atoms with van der Waals surface area (Å²) in [7, 11) is 1.63. The largest absolute Gasteiger partial charge is 0.493 e. The summed E-state index contributed by atoms with van der Waals surface area (Å²) in [6.45, 7) is 0.548. The highest BCUT2D eigenvalue weighted by Crippen LogP contribution is 2.38. The van der Waals surface area contributed by atoms with Crippen molar-refractivity contribution in [1.29, 1.82) is 0 Å². The predicted octanol–water partition coefficient (Wildman–Crippen LogP) is 2.33. The van der Waals surface area contributed by atoms with E-state index in [4.69, 9.17) is 15.2 Å². The lowest BCUT2D eigenvalue weighted by Gasteiger charge is -2.15. The quantitative estimate of drug-likeness (QED) is 0.914. The maximum Gasteiger partial charge on any atom is 0.175 e. The van der Waals surface area contributed by atoms with Gasteiger partial charge in [-0.25, -0.2) is 0 Å². The number of benzene rings is 1. The Kier molecular flexibility index (Phi) is 2.89. The average molecular weight is 272 g/mol. The van der Waals surface area contributed by atoms with Crippen LogP contribution in [0.2, 0.25) is 0 Å². The second-order valence-corrected chi connectivity index (χ2v) is 4.78. The minimum absolute atomic E-state index is 0.111. The molecule has 0 unspecified atom stereocenters. The number of nitrogens with two attached hydrogens (primary N) is 1. The van der Waals surface area contributed by atoms with Crippen LogP contribution in [0, 0.1) is 0 Å². The van der Waals surface area contributed by atoms with Crippen LogP contribution in [0.3, 0.4) is 0 Å². The highest BCUT2D eigenvalue weighted by molar-refractivity contribution is 9.10. The minimum Gasteiger partial charge on any atom is -0.493 e. The smallest absolute Gasteiger partial charge is 0.175 e. The van der Waals surface area contributed by atoms with Gasteiger partial charge in [-0.1, -0.05) is 6.07 Å². The molecule has 2 rings (SSSR count). The first kappa shape index (κ1) is 10.8. The summed E-state index contributed by atoms with van der Waals surface area (Å²) >= 11 is 3.43. The number of halogens is 1. The third-order valence-corrected chi connectivity index (χ3v) is 3.17. The van der Waals surface area contributed by atoms with Gasteiger partial charge in [-0.15, -0.1) is 0 Å². The average Bonchev–Trinajstić information content (AvgIpc) is 2.95. The van der Waals surface area contributed by atoms with Gasteiger partial charge >= 0.3 is 0 Å². The molecule has 0 amide bonds. The molecule has 1 fully saturated rings. The fourth-order valence-corrected chi connectivity index (χ4v) is 1.77. The van der Waals surface area contributed by atoms with Gasteiger partial charge in [0.15, 0.2) is 11.5 Å². The summed E-state index contributed by atoms with van der Waals surface area (Å²) in [5, 5.41) is 0. The first-order valence-electron chi connectivity index (χ1n) is 4.89. The van der Waals surface area contributed by atoms with Crippen molar-refractivity contribution in [3.8, 4) is 11.5 Å². The molecular formula is C11H14BrNO2. The number of para-hydroxylation sites is 1. The van der Waals surface area contributed by atoms with Crippen molar-refractivity contribution in [1.82, 2.24) is 0 Å². The molecule has 0 aliphatic heterocycles. The summed E-state index contributed by atoms with van der Waals surface area (Å²) in [6.07, 6.45) is 2.08. The number of rotatable bonds is 4. The van der Waals surface area contributed by atoms with Gasteiger partial charge in [0.1, 0.15) is 6.61 Å². The Bertz CT molecular complexity index is 364. The molecule has 0 radical (unpaired) electrons. The number of hydrogen-bond donors (Lipinski definition) is 1. The fourth-order valence-electron chi connectivity index (χ4n) is 1.31. The molecule has 2 N–H and O–H groups in total. The van der Waals surface area contributed by atoms with Gasteiger partial charge in [0.25, 0.3) is 0 Å². The molecule has 3 nitrogen and oxygen atoms in total. The van der Waals surface area contributed by atoms with E-state index in [-0.39, 0.29) is 5.54 Å². The van der Waals surface area contributed by atoms with E-state index in [1.807, 2.05) is 18.2 Å². The second-order valence-electron chi connectivity index (χ2n) is 3.92.